The van der Waals surface area contributed by atoms with Crippen molar-refractivity contribution in [2.75, 3.05) is 13.7 Å². The maximum absolute atomic E-state index is 12.0. The van der Waals surface area contributed by atoms with Crippen LogP contribution in [-0.4, -0.2) is 36.5 Å². The Bertz CT molecular complexity index is 826. The highest BCUT2D eigenvalue weighted by molar-refractivity contribution is 6.41. The summed E-state index contributed by atoms with van der Waals surface area (Å²) >= 11 is 11.4. The summed E-state index contributed by atoms with van der Waals surface area (Å²) in [6.45, 7) is -0.653. The van der Waals surface area contributed by atoms with Crippen LogP contribution < -0.4 is 10.1 Å². The molecule has 0 bridgehead atoms. The predicted molar refractivity (Wildman–Crippen MR) is 90.0 cm³/mol. The molecule has 0 unspecified atom stereocenters. The van der Waals surface area contributed by atoms with Gasteiger partial charge in [-0.1, -0.05) is 35.3 Å². The summed E-state index contributed by atoms with van der Waals surface area (Å²) < 4.78 is 9.84. The van der Waals surface area contributed by atoms with Crippen molar-refractivity contribution in [3.05, 3.63) is 57.8 Å². The lowest BCUT2D eigenvalue weighted by Gasteiger charge is -2.09. The number of esters is 1. The average Bonchev–Trinajstić information content (AvgIpc) is 2.61. The lowest BCUT2D eigenvalue weighted by atomic mass is 10.2. The summed E-state index contributed by atoms with van der Waals surface area (Å²) in [7, 11) is 1.40. The molecule has 0 saturated heterocycles. The Morgan fingerprint density at radius 1 is 1.20 bits per heavy atom. The maximum atomic E-state index is 12.0. The normalized spacial score (nSPS) is 10.0. The molecule has 0 atom stereocenters. The highest BCUT2D eigenvalue weighted by atomic mass is 35.5. The second-order valence-corrected chi connectivity index (χ2v) is 5.42. The second kappa shape index (κ2) is 8.46. The molecule has 0 fully saturated rings. The van der Waals surface area contributed by atoms with E-state index in [9.17, 15) is 14.4 Å². The Labute approximate surface area is 152 Å². The Morgan fingerprint density at radius 2 is 1.92 bits per heavy atom. The molecule has 1 aromatic carbocycles. The van der Waals surface area contributed by atoms with E-state index in [1.165, 1.54) is 19.2 Å². The fourth-order valence-corrected chi connectivity index (χ4v) is 2.08. The van der Waals surface area contributed by atoms with E-state index < -0.39 is 24.4 Å². The van der Waals surface area contributed by atoms with Crippen molar-refractivity contribution in [2.24, 2.45) is 0 Å². The van der Waals surface area contributed by atoms with Crippen LogP contribution in [0.3, 0.4) is 0 Å². The van der Waals surface area contributed by atoms with Crippen molar-refractivity contribution in [3.8, 4) is 5.75 Å². The van der Waals surface area contributed by atoms with E-state index in [1.54, 1.807) is 18.2 Å². The number of hydrogen-bond acceptors (Lipinski definition) is 6. The molecule has 2 aromatic rings. The van der Waals surface area contributed by atoms with Gasteiger partial charge >= 0.3 is 5.97 Å². The maximum Gasteiger partial charge on any atom is 0.340 e. The van der Waals surface area contributed by atoms with Gasteiger partial charge in [0.1, 0.15) is 10.9 Å². The van der Waals surface area contributed by atoms with Gasteiger partial charge in [-0.25, -0.2) is 9.78 Å². The highest BCUT2D eigenvalue weighted by Gasteiger charge is 2.17. The highest BCUT2D eigenvalue weighted by Crippen LogP contribution is 2.20. The SMILES string of the molecule is COc1ccccc1C(=O)NC(=O)COC(=O)c1cnc(Cl)c(Cl)c1. The van der Waals surface area contributed by atoms with E-state index in [4.69, 9.17) is 32.7 Å². The lowest BCUT2D eigenvalue weighted by molar-refractivity contribution is -0.123. The first-order valence-corrected chi connectivity index (χ1v) is 7.63. The predicted octanol–water partition coefficient (Wildman–Crippen LogP) is 2.51. The molecule has 2 amide bonds. The summed E-state index contributed by atoms with van der Waals surface area (Å²) in [6, 6.07) is 7.65. The zero-order chi connectivity index (χ0) is 18.4. The van der Waals surface area contributed by atoms with Gasteiger partial charge < -0.3 is 9.47 Å². The molecule has 0 spiro atoms. The third-order valence-corrected chi connectivity index (χ3v) is 3.66. The number of para-hydroxylation sites is 1. The van der Waals surface area contributed by atoms with Gasteiger partial charge in [0.25, 0.3) is 11.8 Å². The first-order chi connectivity index (χ1) is 11.9. The smallest absolute Gasteiger partial charge is 0.340 e. The van der Waals surface area contributed by atoms with E-state index >= 15 is 0 Å². The second-order valence-electron chi connectivity index (χ2n) is 4.65. The molecule has 0 saturated carbocycles. The number of nitrogens with one attached hydrogen (secondary N) is 1. The molecular formula is C16H12Cl2N2O5. The molecule has 9 heteroatoms. The molecule has 0 radical (unpaired) electrons. The minimum atomic E-state index is -0.828. The van der Waals surface area contributed by atoms with Gasteiger partial charge in [-0.15, -0.1) is 0 Å². The standard InChI is InChI=1S/C16H12Cl2N2O5/c1-24-12-5-3-2-4-10(12)15(22)20-13(21)8-25-16(23)9-6-11(17)14(18)19-7-9/h2-7H,8H2,1H3,(H,20,21,22). The summed E-state index contributed by atoms with van der Waals surface area (Å²) in [4.78, 5) is 39.3. The minimum Gasteiger partial charge on any atom is -0.496 e. The number of ether oxygens (including phenoxy) is 2. The molecule has 0 aliphatic rings. The molecular weight excluding hydrogens is 371 g/mol. The van der Waals surface area contributed by atoms with Crippen LogP contribution in [0.4, 0.5) is 0 Å². The zero-order valence-corrected chi connectivity index (χ0v) is 14.4. The Kier molecular flexibility index (Phi) is 6.32. The Balaban J connectivity index is 1.93. The van der Waals surface area contributed by atoms with Crippen LogP contribution in [0.2, 0.25) is 10.2 Å². The number of methoxy groups -OCH3 is 1. The van der Waals surface area contributed by atoms with Crippen molar-refractivity contribution >= 4 is 41.0 Å². The number of rotatable bonds is 5. The van der Waals surface area contributed by atoms with E-state index in [2.05, 4.69) is 10.3 Å². The van der Waals surface area contributed by atoms with Gasteiger partial charge in [-0.3, -0.25) is 14.9 Å². The number of halogens is 2. The summed E-state index contributed by atoms with van der Waals surface area (Å²) in [5.74, 6) is -1.98. The molecule has 0 aliphatic carbocycles. The summed E-state index contributed by atoms with van der Waals surface area (Å²) in [5, 5.41) is 2.22. The number of hydrogen-bond donors (Lipinski definition) is 1. The molecule has 0 aliphatic heterocycles. The van der Waals surface area contributed by atoms with Crippen LogP contribution in [0, 0.1) is 0 Å². The lowest BCUT2D eigenvalue weighted by Crippen LogP contribution is -2.34. The van der Waals surface area contributed by atoms with E-state index in [0.717, 1.165) is 6.20 Å². The number of carbonyl (C=O) groups excluding carboxylic acids is 3. The van der Waals surface area contributed by atoms with Crippen LogP contribution in [0.15, 0.2) is 36.5 Å². The Hall–Kier alpha value is -2.64. The number of pyridine rings is 1. The van der Waals surface area contributed by atoms with Crippen molar-refractivity contribution in [2.45, 2.75) is 0 Å². The van der Waals surface area contributed by atoms with E-state index in [1.807, 2.05) is 0 Å². The minimum absolute atomic E-state index is 0.0262. The number of nitrogens with zero attached hydrogens (tertiary/aromatic N) is 1. The number of imide groups is 1. The average molecular weight is 383 g/mol. The molecule has 1 aromatic heterocycles. The number of carbonyl (C=O) groups is 3. The molecule has 130 valence electrons. The fourth-order valence-electron chi connectivity index (χ4n) is 1.81. The molecule has 1 N–H and O–H groups in total. The van der Waals surface area contributed by atoms with Crippen molar-refractivity contribution < 1.29 is 23.9 Å². The molecule has 1 heterocycles. The van der Waals surface area contributed by atoms with Crippen molar-refractivity contribution in [3.63, 3.8) is 0 Å². The molecule has 25 heavy (non-hydrogen) atoms. The van der Waals surface area contributed by atoms with Crippen LogP contribution in [0.5, 0.6) is 5.75 Å². The Morgan fingerprint density at radius 3 is 2.60 bits per heavy atom. The van der Waals surface area contributed by atoms with Gasteiger partial charge in [0, 0.05) is 6.20 Å². The fraction of sp³-hybridized carbons (Fsp3) is 0.125. The third kappa shape index (κ3) is 4.91. The van der Waals surface area contributed by atoms with Gasteiger partial charge in [0.2, 0.25) is 0 Å². The number of benzene rings is 1. The topological polar surface area (TPSA) is 94.6 Å². The third-order valence-electron chi connectivity index (χ3n) is 2.97. The molecule has 7 nitrogen and oxygen atoms in total. The first kappa shape index (κ1) is 18.7. The van der Waals surface area contributed by atoms with Crippen molar-refractivity contribution in [1.82, 2.24) is 10.3 Å². The van der Waals surface area contributed by atoms with E-state index in [-0.39, 0.29) is 21.3 Å². The van der Waals surface area contributed by atoms with Gasteiger partial charge in [-0.2, -0.15) is 0 Å². The van der Waals surface area contributed by atoms with Gasteiger partial charge in [0.15, 0.2) is 6.61 Å². The number of aromatic nitrogens is 1. The van der Waals surface area contributed by atoms with Crippen molar-refractivity contribution in [1.29, 1.82) is 0 Å². The van der Waals surface area contributed by atoms with Gasteiger partial charge in [-0.05, 0) is 18.2 Å². The largest absolute Gasteiger partial charge is 0.496 e. The van der Waals surface area contributed by atoms with Crippen LogP contribution in [-0.2, 0) is 9.53 Å². The van der Waals surface area contributed by atoms with E-state index in [0.29, 0.717) is 5.75 Å². The van der Waals surface area contributed by atoms with Crippen LogP contribution >= 0.6 is 23.2 Å². The monoisotopic (exact) mass is 382 g/mol. The van der Waals surface area contributed by atoms with Crippen LogP contribution in [0.1, 0.15) is 20.7 Å². The van der Waals surface area contributed by atoms with Gasteiger partial charge in [0.05, 0.1) is 23.3 Å². The molecule has 2 rings (SSSR count). The zero-order valence-electron chi connectivity index (χ0n) is 12.9. The summed E-state index contributed by atoms with van der Waals surface area (Å²) in [6.07, 6.45) is 1.16. The summed E-state index contributed by atoms with van der Waals surface area (Å²) in [5.41, 5.74) is 0.205. The number of amides is 2. The first-order valence-electron chi connectivity index (χ1n) is 6.87. The van der Waals surface area contributed by atoms with Crippen LogP contribution in [0.25, 0.3) is 0 Å². The quantitative estimate of drug-likeness (QED) is 0.630.